The van der Waals surface area contributed by atoms with Gasteiger partial charge in [-0.2, -0.15) is 0 Å². The van der Waals surface area contributed by atoms with Crippen LogP contribution in [-0.4, -0.2) is 12.5 Å². The van der Waals surface area contributed by atoms with Crippen molar-refractivity contribution in [2.75, 3.05) is 17.6 Å². The van der Waals surface area contributed by atoms with Gasteiger partial charge in [-0.25, -0.2) is 0 Å². The molecule has 21 heavy (non-hydrogen) atoms. The van der Waals surface area contributed by atoms with Crippen LogP contribution >= 0.6 is 11.6 Å². The molecule has 1 aromatic carbocycles. The minimum atomic E-state index is -0.524. The first-order valence-corrected chi connectivity index (χ1v) is 7.92. The zero-order valence-electron chi connectivity index (χ0n) is 12.9. The third kappa shape index (κ3) is 6.25. The fourth-order valence-corrected chi connectivity index (χ4v) is 2.54. The smallest absolute Gasteiger partial charge is 0.250 e. The number of nitrogens with one attached hydrogen (secondary N) is 1. The van der Waals surface area contributed by atoms with Crippen molar-refractivity contribution in [1.29, 1.82) is 0 Å². The molecule has 1 aromatic rings. The first kappa shape index (κ1) is 17.6. The third-order valence-electron chi connectivity index (χ3n) is 3.39. The number of hydrogen-bond donors (Lipinski definition) is 3. The van der Waals surface area contributed by atoms with Crippen molar-refractivity contribution in [3.8, 4) is 0 Å². The molecule has 0 aliphatic carbocycles. The second-order valence-electron chi connectivity index (χ2n) is 5.81. The Bertz CT molecular complexity index is 475. The Balaban J connectivity index is 2.43. The molecule has 0 saturated heterocycles. The van der Waals surface area contributed by atoms with Gasteiger partial charge in [-0.1, -0.05) is 51.1 Å². The van der Waals surface area contributed by atoms with Crippen LogP contribution in [-0.2, 0) is 0 Å². The van der Waals surface area contributed by atoms with E-state index in [1.807, 2.05) is 0 Å². The predicted molar refractivity (Wildman–Crippen MR) is 90.8 cm³/mol. The summed E-state index contributed by atoms with van der Waals surface area (Å²) in [5.74, 6) is 0.249. The quantitative estimate of drug-likeness (QED) is 0.475. The third-order valence-corrected chi connectivity index (χ3v) is 3.69. The minimum absolute atomic E-state index is 0.347. The summed E-state index contributed by atoms with van der Waals surface area (Å²) in [6.07, 6.45) is 5.99. The van der Waals surface area contributed by atoms with Crippen molar-refractivity contribution in [2.24, 2.45) is 11.7 Å². The van der Waals surface area contributed by atoms with E-state index in [1.54, 1.807) is 12.1 Å². The lowest BCUT2D eigenvalue weighted by Gasteiger charge is -2.13. The molecule has 0 radical (unpaired) electrons. The maximum Gasteiger partial charge on any atom is 0.250 e. The molecule has 4 nitrogen and oxygen atoms in total. The van der Waals surface area contributed by atoms with Gasteiger partial charge >= 0.3 is 0 Å². The van der Waals surface area contributed by atoms with E-state index in [2.05, 4.69) is 19.2 Å². The van der Waals surface area contributed by atoms with Gasteiger partial charge in [0.05, 0.1) is 16.3 Å². The Morgan fingerprint density at radius 3 is 2.52 bits per heavy atom. The Labute approximate surface area is 132 Å². The van der Waals surface area contributed by atoms with Gasteiger partial charge in [-0.15, -0.1) is 0 Å². The molecule has 5 heteroatoms. The van der Waals surface area contributed by atoms with Crippen molar-refractivity contribution in [3.63, 3.8) is 0 Å². The number of halogens is 1. The Morgan fingerprint density at radius 2 is 1.90 bits per heavy atom. The molecule has 0 aliphatic heterocycles. The second-order valence-corrected chi connectivity index (χ2v) is 6.22. The fraction of sp³-hybridized carbons (Fsp3) is 0.562. The number of anilines is 2. The lowest BCUT2D eigenvalue weighted by molar-refractivity contribution is 0.100. The van der Waals surface area contributed by atoms with Crippen molar-refractivity contribution >= 4 is 28.9 Å². The summed E-state index contributed by atoms with van der Waals surface area (Å²) in [4.78, 5) is 11.4. The molecule has 0 bridgehead atoms. The Morgan fingerprint density at radius 1 is 1.24 bits per heavy atom. The number of rotatable bonds is 9. The highest BCUT2D eigenvalue weighted by atomic mass is 35.5. The minimum Gasteiger partial charge on any atom is -0.399 e. The van der Waals surface area contributed by atoms with Crippen molar-refractivity contribution in [3.05, 3.63) is 22.7 Å². The average Bonchev–Trinajstić information content (AvgIpc) is 2.38. The number of hydrogen-bond acceptors (Lipinski definition) is 3. The predicted octanol–water partition coefficient (Wildman–Crippen LogP) is 4.04. The molecular formula is C16H26ClN3O. The molecule has 0 aromatic heterocycles. The number of nitrogen functional groups attached to an aromatic ring is 1. The van der Waals surface area contributed by atoms with Crippen LogP contribution in [0.5, 0.6) is 0 Å². The summed E-state index contributed by atoms with van der Waals surface area (Å²) >= 11 is 6.13. The van der Waals surface area contributed by atoms with E-state index >= 15 is 0 Å². The van der Waals surface area contributed by atoms with Crippen LogP contribution < -0.4 is 16.8 Å². The molecule has 0 saturated carbocycles. The van der Waals surface area contributed by atoms with Crippen LogP contribution in [0.4, 0.5) is 11.4 Å². The van der Waals surface area contributed by atoms with E-state index in [4.69, 9.17) is 23.1 Å². The summed E-state index contributed by atoms with van der Waals surface area (Å²) in [5.41, 5.74) is 12.4. The summed E-state index contributed by atoms with van der Waals surface area (Å²) in [5, 5.41) is 3.64. The van der Waals surface area contributed by atoms with Gasteiger partial charge in [0.15, 0.2) is 0 Å². The molecule has 0 fully saturated rings. The average molecular weight is 312 g/mol. The number of carbonyl (C=O) groups excluding carboxylic acids is 1. The van der Waals surface area contributed by atoms with Gasteiger partial charge in [0, 0.05) is 12.2 Å². The largest absolute Gasteiger partial charge is 0.399 e. The molecule has 0 spiro atoms. The molecule has 0 heterocycles. The first-order valence-electron chi connectivity index (χ1n) is 7.54. The Hall–Kier alpha value is -1.42. The molecule has 1 rings (SSSR count). The van der Waals surface area contributed by atoms with E-state index in [9.17, 15) is 4.79 Å². The van der Waals surface area contributed by atoms with Gasteiger partial charge in [0.25, 0.3) is 5.91 Å². The van der Waals surface area contributed by atoms with Gasteiger partial charge in [-0.3, -0.25) is 4.79 Å². The van der Waals surface area contributed by atoms with Gasteiger partial charge < -0.3 is 16.8 Å². The van der Waals surface area contributed by atoms with Crippen LogP contribution in [0, 0.1) is 5.92 Å². The lowest BCUT2D eigenvalue weighted by Crippen LogP contribution is -2.16. The van der Waals surface area contributed by atoms with Crippen LogP contribution in [0.25, 0.3) is 0 Å². The van der Waals surface area contributed by atoms with Gasteiger partial charge in [-0.05, 0) is 24.5 Å². The van der Waals surface area contributed by atoms with Gasteiger partial charge in [0.1, 0.15) is 0 Å². The number of primary amides is 1. The number of amides is 1. The Kier molecular flexibility index (Phi) is 7.37. The van der Waals surface area contributed by atoms with Crippen LogP contribution in [0.3, 0.4) is 0 Å². The van der Waals surface area contributed by atoms with E-state index in [1.165, 1.54) is 19.3 Å². The number of unbranched alkanes of at least 4 members (excludes halogenated alkanes) is 3. The molecule has 1 amide bonds. The SMILES string of the molecule is CC(C)CCCCCCNc1c(Cl)cc(N)cc1C(N)=O. The topological polar surface area (TPSA) is 81.1 Å². The second kappa shape index (κ2) is 8.78. The fourth-order valence-electron chi connectivity index (χ4n) is 2.25. The number of nitrogens with two attached hydrogens (primary N) is 2. The first-order chi connectivity index (χ1) is 9.91. The van der Waals surface area contributed by atoms with E-state index in [-0.39, 0.29) is 0 Å². The highest BCUT2D eigenvalue weighted by Gasteiger charge is 2.12. The maximum absolute atomic E-state index is 11.4. The molecule has 0 unspecified atom stereocenters. The zero-order chi connectivity index (χ0) is 15.8. The highest BCUT2D eigenvalue weighted by Crippen LogP contribution is 2.29. The molecule has 118 valence electrons. The van der Waals surface area contributed by atoms with Crippen molar-refractivity contribution < 1.29 is 4.79 Å². The van der Waals surface area contributed by atoms with E-state index in [0.29, 0.717) is 22.0 Å². The molecule has 0 atom stereocenters. The summed E-state index contributed by atoms with van der Waals surface area (Å²) in [6, 6.07) is 3.18. The highest BCUT2D eigenvalue weighted by molar-refractivity contribution is 6.34. The van der Waals surface area contributed by atoms with Crippen molar-refractivity contribution in [2.45, 2.75) is 46.0 Å². The summed E-state index contributed by atoms with van der Waals surface area (Å²) < 4.78 is 0. The molecule has 0 aliphatic rings. The number of benzene rings is 1. The standard InChI is InChI=1S/C16H26ClN3O/c1-11(2)7-5-3-4-6-8-20-15-13(16(19)21)9-12(18)10-14(15)17/h9-11,20H,3-8,18H2,1-2H3,(H2,19,21). The van der Waals surface area contributed by atoms with Crippen LogP contribution in [0.1, 0.15) is 56.3 Å². The number of carbonyl (C=O) groups is 1. The summed E-state index contributed by atoms with van der Waals surface area (Å²) in [7, 11) is 0. The van der Waals surface area contributed by atoms with Gasteiger partial charge in [0.2, 0.25) is 0 Å². The molecule has 5 N–H and O–H groups in total. The normalized spacial score (nSPS) is 10.9. The zero-order valence-corrected chi connectivity index (χ0v) is 13.7. The maximum atomic E-state index is 11.4. The molecular weight excluding hydrogens is 286 g/mol. The lowest BCUT2D eigenvalue weighted by atomic mass is 10.0. The van der Waals surface area contributed by atoms with E-state index in [0.717, 1.165) is 25.3 Å². The van der Waals surface area contributed by atoms with Crippen LogP contribution in [0.15, 0.2) is 12.1 Å². The van der Waals surface area contributed by atoms with Crippen LogP contribution in [0.2, 0.25) is 5.02 Å². The monoisotopic (exact) mass is 311 g/mol. The summed E-state index contributed by atoms with van der Waals surface area (Å²) in [6.45, 7) is 5.26. The van der Waals surface area contributed by atoms with Crippen molar-refractivity contribution in [1.82, 2.24) is 0 Å². The van der Waals surface area contributed by atoms with E-state index < -0.39 is 5.91 Å².